The molecule has 0 radical (unpaired) electrons. The number of carbonyl (C=O) groups is 2. The van der Waals surface area contributed by atoms with E-state index in [1.165, 1.54) is 24.8 Å². The van der Waals surface area contributed by atoms with Crippen molar-refractivity contribution in [3.05, 3.63) is 35.4 Å². The molecule has 2 saturated heterocycles. The van der Waals surface area contributed by atoms with E-state index in [4.69, 9.17) is 0 Å². The van der Waals surface area contributed by atoms with Crippen LogP contribution >= 0.6 is 0 Å². The number of likely N-dealkylation sites (tertiary alicyclic amines) is 1. The van der Waals surface area contributed by atoms with E-state index in [0.717, 1.165) is 51.0 Å². The number of fused-ring (bicyclic) bond motifs is 1. The van der Waals surface area contributed by atoms with Crippen LogP contribution in [0.25, 0.3) is 0 Å². The van der Waals surface area contributed by atoms with Gasteiger partial charge in [-0.05, 0) is 50.6 Å². The number of rotatable bonds is 4. The second kappa shape index (κ2) is 8.24. The van der Waals surface area contributed by atoms with Gasteiger partial charge in [0.25, 0.3) is 0 Å². The molecule has 0 spiro atoms. The van der Waals surface area contributed by atoms with Crippen molar-refractivity contribution in [2.24, 2.45) is 17.3 Å². The van der Waals surface area contributed by atoms with E-state index in [-0.39, 0.29) is 17.2 Å². The van der Waals surface area contributed by atoms with Crippen LogP contribution < -0.4 is 10.6 Å². The Balaban J connectivity index is 1.28. The van der Waals surface area contributed by atoms with Crippen molar-refractivity contribution in [1.82, 2.24) is 15.5 Å². The van der Waals surface area contributed by atoms with Crippen molar-refractivity contribution in [2.75, 3.05) is 26.2 Å². The van der Waals surface area contributed by atoms with Crippen LogP contribution in [0.2, 0.25) is 0 Å². The average molecular weight is 384 g/mol. The number of nitrogens with one attached hydrogen (secondary N) is 2. The summed E-state index contributed by atoms with van der Waals surface area (Å²) in [5.74, 6) is 1.00. The number of nitrogens with zero attached hydrogens (tertiary/aromatic N) is 1. The fraction of sp³-hybridized carbons (Fsp3) is 0.652. The predicted octanol–water partition coefficient (Wildman–Crippen LogP) is 2.63. The topological polar surface area (TPSA) is 61.4 Å². The molecule has 2 heterocycles. The lowest BCUT2D eigenvalue weighted by Crippen LogP contribution is -2.52. The number of aryl methyl sites for hydroxylation is 1. The lowest BCUT2D eigenvalue weighted by atomic mass is 9.67. The molecule has 1 saturated carbocycles. The Labute approximate surface area is 168 Å². The first-order chi connectivity index (χ1) is 13.6. The third-order valence-corrected chi connectivity index (χ3v) is 7.20. The van der Waals surface area contributed by atoms with Gasteiger partial charge in [-0.1, -0.05) is 42.7 Å². The molecule has 0 bridgehead atoms. The van der Waals surface area contributed by atoms with Crippen LogP contribution in [-0.4, -0.2) is 42.9 Å². The van der Waals surface area contributed by atoms with E-state index >= 15 is 0 Å². The smallest absolute Gasteiger partial charge is 0.230 e. The summed E-state index contributed by atoms with van der Waals surface area (Å²) in [6, 6.07) is 8.27. The normalized spacial score (nSPS) is 28.0. The third-order valence-electron chi connectivity index (χ3n) is 7.20. The van der Waals surface area contributed by atoms with Crippen molar-refractivity contribution in [3.8, 4) is 0 Å². The standard InChI is InChI=1S/C23H33N3O2/c1-17-5-7-18(8-6-17)14-25-21(27)19-9-12-26(13-10-19)22(28)23-11-3-2-4-20(23)15-24-16-23/h5-8,19-20,24H,2-4,9-16H2,1H3,(H,25,27)/t20-,23+/m0/s1. The average Bonchev–Trinajstić information content (AvgIpc) is 3.18. The minimum absolute atomic E-state index is 0.0239. The number of benzene rings is 1. The van der Waals surface area contributed by atoms with Crippen LogP contribution in [0, 0.1) is 24.2 Å². The van der Waals surface area contributed by atoms with E-state index in [9.17, 15) is 9.59 Å². The highest BCUT2D eigenvalue weighted by Crippen LogP contribution is 2.45. The van der Waals surface area contributed by atoms with Crippen molar-refractivity contribution in [2.45, 2.75) is 52.0 Å². The SMILES string of the molecule is Cc1ccc(CNC(=O)C2CCN(C(=O)[C@@]34CCCC[C@H]3CNC4)CC2)cc1. The van der Waals surface area contributed by atoms with Crippen LogP contribution in [0.1, 0.15) is 49.7 Å². The number of piperidine rings is 1. The van der Waals surface area contributed by atoms with Gasteiger partial charge in [-0.3, -0.25) is 9.59 Å². The summed E-state index contributed by atoms with van der Waals surface area (Å²) in [6.45, 7) is 5.91. The number of carbonyl (C=O) groups excluding carboxylic acids is 2. The molecule has 5 heteroatoms. The molecular weight excluding hydrogens is 350 g/mol. The fourth-order valence-electron chi connectivity index (χ4n) is 5.37. The van der Waals surface area contributed by atoms with E-state index in [1.54, 1.807) is 0 Å². The van der Waals surface area contributed by atoms with E-state index in [0.29, 0.717) is 18.4 Å². The molecule has 152 valence electrons. The Hall–Kier alpha value is -1.88. The Morgan fingerprint density at radius 3 is 2.64 bits per heavy atom. The predicted molar refractivity (Wildman–Crippen MR) is 110 cm³/mol. The molecule has 0 unspecified atom stereocenters. The Kier molecular flexibility index (Phi) is 5.72. The second-order valence-electron chi connectivity index (χ2n) is 9.00. The van der Waals surface area contributed by atoms with Gasteiger partial charge >= 0.3 is 0 Å². The maximum absolute atomic E-state index is 13.4. The largest absolute Gasteiger partial charge is 0.352 e. The molecule has 1 aromatic carbocycles. The summed E-state index contributed by atoms with van der Waals surface area (Å²) in [4.78, 5) is 28.0. The van der Waals surface area contributed by atoms with Crippen LogP contribution in [-0.2, 0) is 16.1 Å². The minimum atomic E-state index is -0.168. The van der Waals surface area contributed by atoms with Gasteiger partial charge in [-0.25, -0.2) is 0 Å². The summed E-state index contributed by atoms with van der Waals surface area (Å²) in [7, 11) is 0. The zero-order chi connectivity index (χ0) is 19.6. The van der Waals surface area contributed by atoms with Crippen molar-refractivity contribution in [3.63, 3.8) is 0 Å². The van der Waals surface area contributed by atoms with Crippen molar-refractivity contribution >= 4 is 11.8 Å². The van der Waals surface area contributed by atoms with Crippen molar-refractivity contribution < 1.29 is 9.59 Å². The number of hydrogen-bond acceptors (Lipinski definition) is 3. The van der Waals surface area contributed by atoms with Crippen molar-refractivity contribution in [1.29, 1.82) is 0 Å². The van der Waals surface area contributed by atoms with Gasteiger partial charge in [0.1, 0.15) is 0 Å². The molecular formula is C23H33N3O2. The molecule has 2 N–H and O–H groups in total. The van der Waals surface area contributed by atoms with E-state index in [1.807, 2.05) is 0 Å². The summed E-state index contributed by atoms with van der Waals surface area (Å²) >= 11 is 0. The third kappa shape index (κ3) is 3.82. The Bertz CT molecular complexity index is 709. The monoisotopic (exact) mass is 383 g/mol. The first-order valence-electron chi connectivity index (χ1n) is 10.9. The molecule has 2 aliphatic heterocycles. The molecule has 1 aromatic rings. The number of hydrogen-bond donors (Lipinski definition) is 2. The van der Waals surface area contributed by atoms with Gasteiger partial charge in [-0.15, -0.1) is 0 Å². The van der Waals surface area contributed by atoms with Gasteiger partial charge in [0.2, 0.25) is 11.8 Å². The molecule has 3 fully saturated rings. The highest BCUT2D eigenvalue weighted by molar-refractivity contribution is 5.85. The fourth-order valence-corrected chi connectivity index (χ4v) is 5.37. The molecule has 2 atom stereocenters. The maximum Gasteiger partial charge on any atom is 0.230 e. The molecule has 2 amide bonds. The lowest BCUT2D eigenvalue weighted by molar-refractivity contribution is -0.148. The molecule has 1 aliphatic carbocycles. The van der Waals surface area contributed by atoms with Crippen LogP contribution in [0.5, 0.6) is 0 Å². The summed E-state index contributed by atoms with van der Waals surface area (Å²) in [6.07, 6.45) is 6.18. The van der Waals surface area contributed by atoms with Gasteiger partial charge in [0.05, 0.1) is 5.41 Å². The summed E-state index contributed by atoms with van der Waals surface area (Å²) in [5, 5.41) is 6.56. The minimum Gasteiger partial charge on any atom is -0.352 e. The molecule has 5 nitrogen and oxygen atoms in total. The zero-order valence-electron chi connectivity index (χ0n) is 17.0. The number of amides is 2. The maximum atomic E-state index is 13.4. The second-order valence-corrected chi connectivity index (χ2v) is 9.00. The first-order valence-corrected chi connectivity index (χ1v) is 10.9. The van der Waals surface area contributed by atoms with E-state index in [2.05, 4.69) is 46.7 Å². The van der Waals surface area contributed by atoms with Gasteiger partial charge < -0.3 is 15.5 Å². The van der Waals surface area contributed by atoms with Gasteiger partial charge in [0, 0.05) is 32.1 Å². The Morgan fingerprint density at radius 1 is 1.14 bits per heavy atom. The quantitative estimate of drug-likeness (QED) is 0.840. The van der Waals surface area contributed by atoms with Crippen LogP contribution in [0.4, 0.5) is 0 Å². The molecule has 0 aromatic heterocycles. The highest BCUT2D eigenvalue weighted by atomic mass is 16.2. The van der Waals surface area contributed by atoms with Gasteiger partial charge in [-0.2, -0.15) is 0 Å². The van der Waals surface area contributed by atoms with E-state index < -0.39 is 0 Å². The highest BCUT2D eigenvalue weighted by Gasteiger charge is 2.51. The van der Waals surface area contributed by atoms with Gasteiger partial charge in [0.15, 0.2) is 0 Å². The first kappa shape index (κ1) is 19.4. The molecule has 4 rings (SSSR count). The molecule has 28 heavy (non-hydrogen) atoms. The molecule has 3 aliphatic rings. The summed E-state index contributed by atoms with van der Waals surface area (Å²) < 4.78 is 0. The van der Waals surface area contributed by atoms with Crippen LogP contribution in [0.15, 0.2) is 24.3 Å². The lowest BCUT2D eigenvalue weighted by Gasteiger charge is -2.42. The Morgan fingerprint density at radius 2 is 1.89 bits per heavy atom. The zero-order valence-corrected chi connectivity index (χ0v) is 17.0. The van der Waals surface area contributed by atoms with Crippen LogP contribution in [0.3, 0.4) is 0 Å². The summed E-state index contributed by atoms with van der Waals surface area (Å²) in [5.41, 5.74) is 2.19.